The maximum Gasteiger partial charge on any atom is 0.241 e. The molecule has 0 aliphatic carbocycles. The zero-order valence-corrected chi connectivity index (χ0v) is 12.4. The van der Waals surface area contributed by atoms with Crippen molar-refractivity contribution in [2.75, 3.05) is 38.3 Å². The van der Waals surface area contributed by atoms with Crippen LogP contribution >= 0.6 is 11.8 Å². The van der Waals surface area contributed by atoms with Gasteiger partial charge in [-0.1, -0.05) is 0 Å². The molecule has 1 N–H and O–H groups in total. The molecule has 0 bridgehead atoms. The molecule has 1 amide bonds. The third-order valence-corrected chi connectivity index (χ3v) is 5.33. The van der Waals surface area contributed by atoms with Crippen molar-refractivity contribution in [1.82, 2.24) is 10.2 Å². The molecule has 2 unspecified atom stereocenters. The molecule has 2 atom stereocenters. The van der Waals surface area contributed by atoms with Crippen molar-refractivity contribution in [2.24, 2.45) is 5.92 Å². The Morgan fingerprint density at radius 1 is 1.56 bits per heavy atom. The normalized spacial score (nSPS) is 32.6. The summed E-state index contributed by atoms with van der Waals surface area (Å²) in [5.41, 5.74) is -0.0596. The van der Waals surface area contributed by atoms with Gasteiger partial charge in [0, 0.05) is 36.1 Å². The predicted molar refractivity (Wildman–Crippen MR) is 74.9 cm³/mol. The lowest BCUT2D eigenvalue weighted by atomic mass is 10.00. The number of carbonyl (C=O) groups is 1. The highest BCUT2D eigenvalue weighted by Crippen LogP contribution is 2.28. The third kappa shape index (κ3) is 3.00. The van der Waals surface area contributed by atoms with E-state index >= 15 is 0 Å². The number of rotatable bonds is 3. The molecule has 0 saturated carbocycles. The van der Waals surface area contributed by atoms with Crippen molar-refractivity contribution < 1.29 is 9.53 Å². The van der Waals surface area contributed by atoms with Crippen LogP contribution in [0, 0.1) is 5.92 Å². The quantitative estimate of drug-likeness (QED) is 0.831. The smallest absolute Gasteiger partial charge is 0.241 e. The van der Waals surface area contributed by atoms with Gasteiger partial charge in [-0.15, -0.1) is 0 Å². The highest BCUT2D eigenvalue weighted by atomic mass is 32.2. The van der Waals surface area contributed by atoms with Crippen LogP contribution in [-0.4, -0.2) is 60.7 Å². The SMILES string of the molecule is CNC1CSCC(C)(C)N(CC2CCOC2)C1=O. The van der Waals surface area contributed by atoms with E-state index in [9.17, 15) is 4.79 Å². The first-order chi connectivity index (χ1) is 8.54. The van der Waals surface area contributed by atoms with Gasteiger partial charge in [-0.25, -0.2) is 0 Å². The largest absolute Gasteiger partial charge is 0.381 e. The summed E-state index contributed by atoms with van der Waals surface area (Å²) in [7, 11) is 1.87. The molecule has 2 rings (SSSR count). The first kappa shape index (κ1) is 14.2. The summed E-state index contributed by atoms with van der Waals surface area (Å²) in [6.07, 6.45) is 1.08. The Bertz CT molecular complexity index is 303. The average Bonchev–Trinajstić information content (AvgIpc) is 2.80. The topological polar surface area (TPSA) is 41.6 Å². The second-order valence-corrected chi connectivity index (χ2v) is 6.88. The summed E-state index contributed by atoms with van der Waals surface area (Å²) in [6.45, 7) is 6.83. The summed E-state index contributed by atoms with van der Waals surface area (Å²) in [5.74, 6) is 2.63. The van der Waals surface area contributed by atoms with Gasteiger partial charge < -0.3 is 15.0 Å². The number of likely N-dealkylation sites (N-methyl/N-ethyl adjacent to an activating group) is 1. The summed E-state index contributed by atoms with van der Waals surface area (Å²) in [4.78, 5) is 14.7. The fraction of sp³-hybridized carbons (Fsp3) is 0.923. The van der Waals surface area contributed by atoms with E-state index in [2.05, 4.69) is 24.1 Å². The van der Waals surface area contributed by atoms with Gasteiger partial charge in [0.15, 0.2) is 0 Å². The molecule has 2 heterocycles. The molecule has 18 heavy (non-hydrogen) atoms. The van der Waals surface area contributed by atoms with Crippen molar-refractivity contribution >= 4 is 17.7 Å². The van der Waals surface area contributed by atoms with E-state index in [1.807, 2.05) is 18.8 Å². The lowest BCUT2D eigenvalue weighted by Crippen LogP contribution is -2.55. The van der Waals surface area contributed by atoms with Crippen molar-refractivity contribution in [3.63, 3.8) is 0 Å². The molecule has 0 aromatic heterocycles. The Morgan fingerprint density at radius 3 is 2.94 bits per heavy atom. The molecular formula is C13H24N2O2S. The monoisotopic (exact) mass is 272 g/mol. The molecule has 2 fully saturated rings. The van der Waals surface area contributed by atoms with Gasteiger partial charge in [-0.05, 0) is 27.3 Å². The van der Waals surface area contributed by atoms with E-state index in [0.717, 1.165) is 37.7 Å². The molecule has 4 nitrogen and oxygen atoms in total. The summed E-state index contributed by atoms with van der Waals surface area (Å²) >= 11 is 1.86. The molecule has 0 radical (unpaired) electrons. The fourth-order valence-electron chi connectivity index (χ4n) is 2.59. The molecule has 2 aliphatic heterocycles. The lowest BCUT2D eigenvalue weighted by molar-refractivity contribution is -0.137. The standard InChI is InChI=1S/C13H24N2O2S/c1-13(2)9-18-8-11(14-3)12(16)15(13)6-10-4-5-17-7-10/h10-11,14H,4-9H2,1-3H3. The van der Waals surface area contributed by atoms with E-state index < -0.39 is 0 Å². The van der Waals surface area contributed by atoms with Crippen LogP contribution in [0.15, 0.2) is 0 Å². The number of amides is 1. The van der Waals surface area contributed by atoms with Crippen molar-refractivity contribution in [3.05, 3.63) is 0 Å². The summed E-state index contributed by atoms with van der Waals surface area (Å²) in [5, 5.41) is 3.14. The van der Waals surface area contributed by atoms with Gasteiger partial charge in [0.2, 0.25) is 5.91 Å². The van der Waals surface area contributed by atoms with Gasteiger partial charge in [-0.3, -0.25) is 4.79 Å². The molecule has 0 aromatic carbocycles. The Balaban J connectivity index is 2.11. The van der Waals surface area contributed by atoms with Crippen LogP contribution in [0.25, 0.3) is 0 Å². The minimum Gasteiger partial charge on any atom is -0.381 e. The van der Waals surface area contributed by atoms with Crippen LogP contribution < -0.4 is 5.32 Å². The zero-order valence-electron chi connectivity index (χ0n) is 11.6. The zero-order chi connectivity index (χ0) is 13.2. The van der Waals surface area contributed by atoms with E-state index in [1.54, 1.807) is 0 Å². The molecule has 5 heteroatoms. The summed E-state index contributed by atoms with van der Waals surface area (Å²) in [6, 6.07) is -0.0425. The van der Waals surface area contributed by atoms with Crippen LogP contribution in [0.3, 0.4) is 0 Å². The van der Waals surface area contributed by atoms with E-state index in [0.29, 0.717) is 5.92 Å². The fourth-order valence-corrected chi connectivity index (χ4v) is 3.91. The molecule has 0 spiro atoms. The Morgan fingerprint density at radius 2 is 2.33 bits per heavy atom. The highest BCUT2D eigenvalue weighted by molar-refractivity contribution is 7.99. The number of thioether (sulfide) groups is 1. The van der Waals surface area contributed by atoms with Crippen molar-refractivity contribution in [1.29, 1.82) is 0 Å². The lowest BCUT2D eigenvalue weighted by Gasteiger charge is -2.39. The number of ether oxygens (including phenoxy) is 1. The molecule has 104 valence electrons. The Hall–Kier alpha value is -0.260. The second-order valence-electron chi connectivity index (χ2n) is 5.85. The van der Waals surface area contributed by atoms with Crippen molar-refractivity contribution in [3.8, 4) is 0 Å². The van der Waals surface area contributed by atoms with Crippen LogP contribution in [0.5, 0.6) is 0 Å². The summed E-state index contributed by atoms with van der Waals surface area (Å²) < 4.78 is 5.43. The first-order valence-corrected chi connectivity index (χ1v) is 7.84. The molecule has 0 aromatic rings. The van der Waals surface area contributed by atoms with Gasteiger partial charge in [0.05, 0.1) is 12.6 Å². The van der Waals surface area contributed by atoms with Crippen LogP contribution in [0.4, 0.5) is 0 Å². The van der Waals surface area contributed by atoms with Crippen LogP contribution in [0.1, 0.15) is 20.3 Å². The number of nitrogens with one attached hydrogen (secondary N) is 1. The molecule has 2 saturated heterocycles. The maximum atomic E-state index is 12.6. The van der Waals surface area contributed by atoms with Crippen LogP contribution in [-0.2, 0) is 9.53 Å². The van der Waals surface area contributed by atoms with Gasteiger partial charge in [0.25, 0.3) is 0 Å². The predicted octanol–water partition coefficient (Wildman–Crippen LogP) is 0.965. The Kier molecular flexibility index (Phi) is 4.56. The number of carbonyl (C=O) groups excluding carboxylic acids is 1. The van der Waals surface area contributed by atoms with E-state index in [-0.39, 0.29) is 17.5 Å². The molecule has 2 aliphatic rings. The number of hydrogen-bond donors (Lipinski definition) is 1. The molecular weight excluding hydrogens is 248 g/mol. The van der Waals surface area contributed by atoms with E-state index in [1.165, 1.54) is 0 Å². The average molecular weight is 272 g/mol. The van der Waals surface area contributed by atoms with Gasteiger partial charge in [-0.2, -0.15) is 11.8 Å². The third-order valence-electron chi connectivity index (χ3n) is 3.85. The number of nitrogens with zero attached hydrogens (tertiary/aromatic N) is 1. The minimum atomic E-state index is -0.0596. The highest BCUT2D eigenvalue weighted by Gasteiger charge is 2.38. The van der Waals surface area contributed by atoms with Crippen molar-refractivity contribution in [2.45, 2.75) is 31.8 Å². The van der Waals surface area contributed by atoms with Crippen LogP contribution in [0.2, 0.25) is 0 Å². The minimum absolute atomic E-state index is 0.0425. The van der Waals surface area contributed by atoms with E-state index in [4.69, 9.17) is 4.74 Å². The van der Waals surface area contributed by atoms with Gasteiger partial charge >= 0.3 is 0 Å². The second kappa shape index (κ2) is 5.80. The van der Waals surface area contributed by atoms with Gasteiger partial charge in [0.1, 0.15) is 0 Å². The Labute approximate surface area is 114 Å². The number of hydrogen-bond acceptors (Lipinski definition) is 4. The first-order valence-electron chi connectivity index (χ1n) is 6.69. The maximum absolute atomic E-state index is 12.6.